The highest BCUT2D eigenvalue weighted by molar-refractivity contribution is 6.19. The molecule has 0 radical (unpaired) electrons. The number of ketones is 10. The Morgan fingerprint density at radius 2 is 0.257 bits per heavy atom. The Hall–Kier alpha value is -19.7. The summed E-state index contributed by atoms with van der Waals surface area (Å²) < 4.78 is 0. The van der Waals surface area contributed by atoms with Crippen molar-refractivity contribution in [2.45, 2.75) is 0 Å². The summed E-state index contributed by atoms with van der Waals surface area (Å²) in [7, 11) is 0. The number of rotatable bonds is 29. The van der Waals surface area contributed by atoms with Crippen molar-refractivity contribution in [1.82, 2.24) is 59.8 Å². The molecule has 0 aliphatic heterocycles. The van der Waals surface area contributed by atoms with Gasteiger partial charge >= 0.3 is 0 Å². The van der Waals surface area contributed by atoms with E-state index in [9.17, 15) is 14.4 Å². The van der Waals surface area contributed by atoms with Gasteiger partial charge in [-0.15, -0.1) is 0 Å². The number of carbonyl (C=O) groups is 10. The number of benzene rings is 16. The van der Waals surface area contributed by atoms with E-state index in [0.717, 1.165) is 50.1 Å². The molecule has 0 fully saturated rings. The molecule has 0 aliphatic rings. The highest BCUT2D eigenvalue weighted by Crippen LogP contribution is 2.36. The zero-order valence-corrected chi connectivity index (χ0v) is 73.9. The summed E-state index contributed by atoms with van der Waals surface area (Å²) in [5, 5.41) is 0. The van der Waals surface area contributed by atoms with Crippen LogP contribution >= 0.6 is 0 Å². The largest absolute Gasteiger partial charge is 0.285 e. The molecule has 0 atom stereocenters. The lowest BCUT2D eigenvalue weighted by atomic mass is 9.94. The maximum atomic E-state index is 15.7. The average Bonchev–Trinajstić information content (AvgIpc) is 0.780. The number of nitrogens with zero attached hydrogens (tertiary/aromatic N) is 12. The fourth-order valence-electron chi connectivity index (χ4n) is 16.4. The van der Waals surface area contributed by atoms with E-state index >= 15 is 33.6 Å². The van der Waals surface area contributed by atoms with E-state index in [4.69, 9.17) is 0 Å². The molecule has 662 valence electrons. The van der Waals surface area contributed by atoms with Crippen molar-refractivity contribution in [3.8, 4) is 100 Å². The van der Waals surface area contributed by atoms with Crippen molar-refractivity contribution in [1.29, 1.82) is 0 Å². The molecule has 20 aromatic rings. The number of carbonyl (C=O) groups excluding carboxylic acids is 10. The third-order valence-electron chi connectivity index (χ3n) is 23.6. The van der Waals surface area contributed by atoms with Gasteiger partial charge in [0, 0.05) is 44.5 Å². The van der Waals surface area contributed by atoms with Crippen LogP contribution in [0.2, 0.25) is 0 Å². The van der Waals surface area contributed by atoms with Gasteiger partial charge in [0.05, 0.1) is 0 Å². The Kier molecular flexibility index (Phi) is 24.7. The summed E-state index contributed by atoms with van der Waals surface area (Å²) in [6, 6.07) is 124. The maximum absolute atomic E-state index is 15.7. The Labute approximate surface area is 799 Å². The van der Waals surface area contributed by atoms with Gasteiger partial charge in [-0.3, -0.25) is 47.9 Å². The van der Waals surface area contributed by atoms with Crippen LogP contribution in [-0.2, 0) is 0 Å². The molecule has 20 rings (SSSR count). The average molecular weight is 1820 g/mol. The molecule has 22 nitrogen and oxygen atoms in total. The topological polar surface area (TPSA) is 325 Å². The van der Waals surface area contributed by atoms with Gasteiger partial charge in [0.15, 0.2) is 0 Å². The Balaban J connectivity index is 0.610. The van der Waals surface area contributed by atoms with Crippen molar-refractivity contribution < 1.29 is 47.9 Å². The van der Waals surface area contributed by atoms with E-state index in [2.05, 4.69) is 59.8 Å². The second-order valence-corrected chi connectivity index (χ2v) is 32.4. The Bertz CT molecular complexity index is 8090. The van der Waals surface area contributed by atoms with Crippen molar-refractivity contribution in [3.05, 3.63) is 539 Å². The van der Waals surface area contributed by atoms with Gasteiger partial charge in [0.1, 0.15) is 0 Å². The van der Waals surface area contributed by atoms with Gasteiger partial charge in [-0.1, -0.05) is 419 Å². The molecule has 0 N–H and O–H groups in total. The summed E-state index contributed by atoms with van der Waals surface area (Å²) in [5.41, 5.74) is 13.3. The lowest BCUT2D eigenvalue weighted by molar-refractivity contribution is 0.0979. The first kappa shape index (κ1) is 88.2. The molecule has 16 aromatic carbocycles. The molecule has 0 spiro atoms. The molecule has 0 bridgehead atoms. The SMILES string of the molecule is O=C(c1ccc(-c2ccccc2)cc1)c1nc(C(=O)c2ccc(-c3ccccc3)cc2)nc(C(=O)c2nc(C(=O)c3ccc(-c4ccccc4)cc3)nc(C(=O)c3ccc(-c4cccc(-c5ccc(-c6ccccc6C(=O)c6nc(C(=O)c7nc(C(=O)c8ccccc8-c8ccccc8)nc(C(=O)c8ccccc8-c8ccccc8)n7)nc(C(=O)c7ccccc7-c7ccccc7)n6)cc5)c4)cc3)n2)n1. The quantitative estimate of drug-likeness (QED) is 0.0393. The minimum absolute atomic E-state index is 0.0460. The summed E-state index contributed by atoms with van der Waals surface area (Å²) in [4.78, 5) is 205. The molecular weight excluding hydrogens is 1750 g/mol. The predicted molar refractivity (Wildman–Crippen MR) is 528 cm³/mol. The molecule has 0 saturated carbocycles. The van der Waals surface area contributed by atoms with E-state index in [1.54, 1.807) is 194 Å². The second kappa shape index (κ2) is 39.2. The minimum Gasteiger partial charge on any atom is -0.285 e. The van der Waals surface area contributed by atoms with E-state index in [1.807, 2.05) is 231 Å². The van der Waals surface area contributed by atoms with Crippen LogP contribution in [0.3, 0.4) is 0 Å². The zero-order valence-electron chi connectivity index (χ0n) is 73.9. The molecule has 22 heteroatoms. The predicted octanol–water partition coefficient (Wildman–Crippen LogP) is 21.7. The second-order valence-electron chi connectivity index (χ2n) is 32.4. The fourth-order valence-corrected chi connectivity index (χ4v) is 16.4. The molecule has 0 unspecified atom stereocenters. The molecule has 0 amide bonds. The third-order valence-corrected chi connectivity index (χ3v) is 23.6. The van der Waals surface area contributed by atoms with Crippen LogP contribution in [0.1, 0.15) is 162 Å². The molecule has 140 heavy (non-hydrogen) atoms. The van der Waals surface area contributed by atoms with E-state index < -0.39 is 128 Å². The van der Waals surface area contributed by atoms with Gasteiger partial charge in [-0.25, -0.2) is 59.8 Å². The summed E-state index contributed by atoms with van der Waals surface area (Å²) in [6.45, 7) is 0. The summed E-state index contributed by atoms with van der Waals surface area (Å²) in [6.07, 6.45) is 0. The molecular formula is C118H70N12O10. The van der Waals surface area contributed by atoms with E-state index in [1.165, 1.54) is 0 Å². The normalized spacial score (nSPS) is 11.0. The van der Waals surface area contributed by atoms with Gasteiger partial charge in [-0.05, 0) is 106 Å². The number of aromatic nitrogens is 12. The van der Waals surface area contributed by atoms with Gasteiger partial charge in [-0.2, -0.15) is 0 Å². The maximum Gasteiger partial charge on any atom is 0.267 e. The Morgan fingerprint density at radius 3 is 0.479 bits per heavy atom. The first-order valence-corrected chi connectivity index (χ1v) is 44.4. The zero-order chi connectivity index (χ0) is 95.7. The van der Waals surface area contributed by atoms with Gasteiger partial charge in [0.2, 0.25) is 116 Å². The van der Waals surface area contributed by atoms with E-state index in [0.29, 0.717) is 50.1 Å². The molecule has 0 aliphatic carbocycles. The standard InChI is InChI=1S/C118H70N12O10/c131-97(83-62-52-74(53-63-83)71-28-7-1-8-29-71)107-119-108(98(132)84-64-54-75(55-65-84)72-30-9-2-10-31-72)122-115(121-107)105(139)116-123-109(99(133)85-66-56-76(57-67-85)73-32-11-3-12-33-73)120-110(124-116)100(134)86-68-58-78(59-69-86)88-41-27-40-87(70-88)77-50-60-82(61-51-77)92-45-22-26-49-96(92)104(138)114-126-113(103(137)95-48-25-21-44-91(95)81-38-17-6-18-39-81)129-118(130-114)106(140)117-127-111(101(135)93-46-23-19-42-89(93)79-34-13-4-14-35-79)125-112(128-117)102(136)94-47-24-20-43-90(94)80-36-15-5-16-37-80/h1-70H. The van der Waals surface area contributed by atoms with Crippen LogP contribution < -0.4 is 0 Å². The number of hydrogen-bond acceptors (Lipinski definition) is 22. The molecule has 4 aromatic heterocycles. The summed E-state index contributed by atoms with van der Waals surface area (Å²) >= 11 is 0. The lowest BCUT2D eigenvalue weighted by Crippen LogP contribution is -2.24. The fraction of sp³-hybridized carbons (Fsp3) is 0. The van der Waals surface area contributed by atoms with Crippen LogP contribution in [0.15, 0.2) is 425 Å². The molecule has 0 saturated heterocycles. The van der Waals surface area contributed by atoms with Crippen LogP contribution in [0.4, 0.5) is 0 Å². The van der Waals surface area contributed by atoms with Crippen LogP contribution in [-0.4, -0.2) is 118 Å². The van der Waals surface area contributed by atoms with Crippen molar-refractivity contribution in [3.63, 3.8) is 0 Å². The van der Waals surface area contributed by atoms with E-state index in [-0.39, 0.29) is 44.5 Å². The smallest absolute Gasteiger partial charge is 0.267 e. The van der Waals surface area contributed by atoms with Crippen molar-refractivity contribution >= 4 is 57.8 Å². The third kappa shape index (κ3) is 18.5. The van der Waals surface area contributed by atoms with Gasteiger partial charge < -0.3 is 0 Å². The first-order valence-electron chi connectivity index (χ1n) is 44.4. The van der Waals surface area contributed by atoms with Crippen molar-refractivity contribution in [2.75, 3.05) is 0 Å². The van der Waals surface area contributed by atoms with Crippen LogP contribution in [0.5, 0.6) is 0 Å². The highest BCUT2D eigenvalue weighted by atomic mass is 16.2. The summed E-state index contributed by atoms with van der Waals surface area (Å²) in [5.74, 6) is -16.4. The van der Waals surface area contributed by atoms with Crippen LogP contribution in [0, 0.1) is 0 Å². The monoisotopic (exact) mass is 1810 g/mol. The lowest BCUT2D eigenvalue weighted by Gasteiger charge is -2.13. The minimum atomic E-state index is -1.19. The number of hydrogen-bond donors (Lipinski definition) is 0. The van der Waals surface area contributed by atoms with Gasteiger partial charge in [0.25, 0.3) is 11.6 Å². The van der Waals surface area contributed by atoms with Crippen molar-refractivity contribution in [2.24, 2.45) is 0 Å². The highest BCUT2D eigenvalue weighted by Gasteiger charge is 2.34. The Morgan fingerprint density at radius 1 is 0.114 bits per heavy atom. The van der Waals surface area contributed by atoms with Crippen LogP contribution in [0.25, 0.3) is 100 Å². The molecule has 4 heterocycles. The first-order chi connectivity index (χ1) is 68.5.